The van der Waals surface area contributed by atoms with E-state index in [1.165, 1.54) is 30.4 Å². The number of anilines is 1. The summed E-state index contributed by atoms with van der Waals surface area (Å²) in [4.78, 5) is 16.7. The third-order valence-electron chi connectivity index (χ3n) is 5.69. The summed E-state index contributed by atoms with van der Waals surface area (Å²) in [6.07, 6.45) is 13.1. The molecular formula is C23H26N2O2. The number of carbonyl (C=O) groups is 1. The van der Waals surface area contributed by atoms with Crippen molar-refractivity contribution in [2.24, 2.45) is 5.92 Å². The van der Waals surface area contributed by atoms with E-state index in [1.807, 2.05) is 12.1 Å². The lowest BCUT2D eigenvalue weighted by Crippen LogP contribution is -2.24. The first-order valence-corrected chi connectivity index (χ1v) is 9.92. The maximum absolute atomic E-state index is 12.4. The number of hydrogen-bond donors (Lipinski definition) is 1. The minimum absolute atomic E-state index is 0.168. The van der Waals surface area contributed by atoms with Crippen LogP contribution in [-0.4, -0.2) is 10.9 Å². The molecule has 1 aromatic carbocycles. The summed E-state index contributed by atoms with van der Waals surface area (Å²) in [6.45, 7) is 2.18. The van der Waals surface area contributed by atoms with E-state index in [-0.39, 0.29) is 11.8 Å². The Kier molecular flexibility index (Phi) is 5.23. The van der Waals surface area contributed by atoms with E-state index >= 15 is 0 Å². The second-order valence-electron chi connectivity index (χ2n) is 7.60. The van der Waals surface area contributed by atoms with Gasteiger partial charge in [-0.25, -0.2) is 4.98 Å². The molecule has 27 heavy (non-hydrogen) atoms. The van der Waals surface area contributed by atoms with Gasteiger partial charge in [0, 0.05) is 17.2 Å². The smallest absolute Gasteiger partial charge is 0.227 e. The quantitative estimate of drug-likeness (QED) is 0.743. The third kappa shape index (κ3) is 4.05. The third-order valence-corrected chi connectivity index (χ3v) is 5.69. The summed E-state index contributed by atoms with van der Waals surface area (Å²) in [5, 5.41) is 3.09. The van der Waals surface area contributed by atoms with Crippen LogP contribution in [0, 0.1) is 5.92 Å². The highest BCUT2D eigenvalue weighted by Gasteiger charge is 2.21. The number of aromatic nitrogens is 1. The summed E-state index contributed by atoms with van der Waals surface area (Å²) in [7, 11) is 0. The predicted molar refractivity (Wildman–Crippen MR) is 108 cm³/mol. The van der Waals surface area contributed by atoms with Gasteiger partial charge in [0.2, 0.25) is 11.8 Å². The minimum Gasteiger partial charge on any atom is -0.445 e. The van der Waals surface area contributed by atoms with Crippen LogP contribution >= 0.6 is 0 Å². The molecule has 1 heterocycles. The average molecular weight is 362 g/mol. The van der Waals surface area contributed by atoms with Gasteiger partial charge < -0.3 is 9.73 Å². The molecule has 0 atom stereocenters. The largest absolute Gasteiger partial charge is 0.445 e. The Morgan fingerprint density at radius 3 is 2.59 bits per heavy atom. The highest BCUT2D eigenvalue weighted by atomic mass is 16.3. The monoisotopic (exact) mass is 362 g/mol. The molecule has 2 aromatic rings. The van der Waals surface area contributed by atoms with Crippen molar-refractivity contribution in [1.29, 1.82) is 0 Å². The van der Waals surface area contributed by atoms with Crippen LogP contribution in [0.2, 0.25) is 0 Å². The normalized spacial score (nSPS) is 18.3. The average Bonchev–Trinajstić information content (AvgIpc) is 3.25. The molecule has 1 saturated carbocycles. The van der Waals surface area contributed by atoms with Crippen molar-refractivity contribution in [3.05, 3.63) is 59.8 Å². The van der Waals surface area contributed by atoms with Gasteiger partial charge in [0.15, 0.2) is 0 Å². The van der Waals surface area contributed by atoms with Crippen LogP contribution in [0.3, 0.4) is 0 Å². The number of allylic oxidation sites excluding steroid dienone is 4. The van der Waals surface area contributed by atoms with Crippen molar-refractivity contribution < 1.29 is 9.21 Å². The maximum Gasteiger partial charge on any atom is 0.227 e. The van der Waals surface area contributed by atoms with Gasteiger partial charge in [-0.15, -0.1) is 0 Å². The lowest BCUT2D eigenvalue weighted by atomic mass is 9.88. The number of nitrogens with one attached hydrogen (secondary N) is 1. The number of oxazole rings is 1. The summed E-state index contributed by atoms with van der Waals surface area (Å²) in [6, 6.07) is 8.18. The van der Waals surface area contributed by atoms with Gasteiger partial charge in [0.25, 0.3) is 0 Å². The molecule has 2 aliphatic rings. The molecule has 1 N–H and O–H groups in total. The second-order valence-corrected chi connectivity index (χ2v) is 7.60. The molecule has 1 aromatic heterocycles. The van der Waals surface area contributed by atoms with Crippen molar-refractivity contribution in [2.45, 2.75) is 51.9 Å². The lowest BCUT2D eigenvalue weighted by molar-refractivity contribution is -0.120. The van der Waals surface area contributed by atoms with Crippen molar-refractivity contribution >= 4 is 22.7 Å². The number of carbonyl (C=O) groups excluding carboxylic acids is 1. The van der Waals surface area contributed by atoms with Crippen LogP contribution in [0.4, 0.5) is 5.69 Å². The first-order valence-electron chi connectivity index (χ1n) is 9.92. The fourth-order valence-corrected chi connectivity index (χ4v) is 4.05. The van der Waals surface area contributed by atoms with Crippen LogP contribution in [0.1, 0.15) is 63.3 Å². The molecule has 0 bridgehead atoms. The molecule has 2 aliphatic carbocycles. The number of nitrogens with zero attached hydrogens (tertiary/aromatic N) is 1. The Hall–Kier alpha value is -2.62. The van der Waals surface area contributed by atoms with Gasteiger partial charge in [-0.3, -0.25) is 4.79 Å². The molecule has 0 unspecified atom stereocenters. The standard InChI is InChI=1S/C23H26N2O2/c1-16-7-8-19(23-24-13-14-27-23)15-21(16)17-9-11-20(12-10-17)25-22(26)18-5-3-2-4-6-18/h9-15,18H,2-8H2,1H3,(H,25,26). The van der Waals surface area contributed by atoms with Crippen LogP contribution in [-0.2, 0) is 4.79 Å². The molecule has 4 nitrogen and oxygen atoms in total. The summed E-state index contributed by atoms with van der Waals surface area (Å²) in [5.74, 6) is 1.05. The minimum atomic E-state index is 0.168. The fraction of sp³-hybridized carbons (Fsp3) is 0.391. The first-order chi connectivity index (χ1) is 13.2. The van der Waals surface area contributed by atoms with Crippen LogP contribution < -0.4 is 5.32 Å². The van der Waals surface area contributed by atoms with E-state index in [1.54, 1.807) is 12.5 Å². The molecule has 140 valence electrons. The Balaban J connectivity index is 1.49. The summed E-state index contributed by atoms with van der Waals surface area (Å²) in [5.41, 5.74) is 5.76. The van der Waals surface area contributed by atoms with E-state index in [0.717, 1.165) is 42.5 Å². The van der Waals surface area contributed by atoms with E-state index in [2.05, 4.69) is 35.4 Å². The Labute approximate surface area is 160 Å². The van der Waals surface area contributed by atoms with Crippen molar-refractivity contribution in [3.8, 4) is 0 Å². The first kappa shape index (κ1) is 17.8. The van der Waals surface area contributed by atoms with Crippen LogP contribution in [0.25, 0.3) is 11.1 Å². The van der Waals surface area contributed by atoms with Crippen molar-refractivity contribution in [2.75, 3.05) is 5.32 Å². The van der Waals surface area contributed by atoms with Crippen LogP contribution in [0.15, 0.2) is 52.8 Å². The van der Waals surface area contributed by atoms with Crippen LogP contribution in [0.5, 0.6) is 0 Å². The Morgan fingerprint density at radius 2 is 1.89 bits per heavy atom. The number of hydrogen-bond acceptors (Lipinski definition) is 3. The molecule has 0 aliphatic heterocycles. The Morgan fingerprint density at radius 1 is 1.11 bits per heavy atom. The van der Waals surface area contributed by atoms with E-state index in [0.29, 0.717) is 5.89 Å². The van der Waals surface area contributed by atoms with Crippen molar-refractivity contribution in [1.82, 2.24) is 4.98 Å². The highest BCUT2D eigenvalue weighted by Crippen LogP contribution is 2.35. The summed E-state index contributed by atoms with van der Waals surface area (Å²) < 4.78 is 5.46. The number of benzene rings is 1. The van der Waals surface area contributed by atoms with Crippen molar-refractivity contribution in [3.63, 3.8) is 0 Å². The van der Waals surface area contributed by atoms with Gasteiger partial charge in [0.1, 0.15) is 6.26 Å². The van der Waals surface area contributed by atoms with Gasteiger partial charge in [-0.2, -0.15) is 0 Å². The molecule has 4 heteroatoms. The lowest BCUT2D eigenvalue weighted by Gasteiger charge is -2.21. The molecular weight excluding hydrogens is 336 g/mol. The zero-order valence-electron chi connectivity index (χ0n) is 15.8. The van der Waals surface area contributed by atoms with E-state index < -0.39 is 0 Å². The van der Waals surface area contributed by atoms with Gasteiger partial charge >= 0.3 is 0 Å². The van der Waals surface area contributed by atoms with Gasteiger partial charge in [0.05, 0.1) is 6.20 Å². The topological polar surface area (TPSA) is 55.1 Å². The zero-order chi connectivity index (χ0) is 18.6. The fourth-order valence-electron chi connectivity index (χ4n) is 4.05. The number of amides is 1. The Bertz CT molecular complexity index is 854. The van der Waals surface area contributed by atoms with E-state index in [9.17, 15) is 4.79 Å². The molecule has 0 radical (unpaired) electrons. The molecule has 0 spiro atoms. The molecule has 4 rings (SSSR count). The SMILES string of the molecule is CC1=C(c2ccc(NC(=O)C3CCCCC3)cc2)C=C(c2ncco2)CC1. The highest BCUT2D eigenvalue weighted by molar-refractivity contribution is 5.93. The van der Waals surface area contributed by atoms with E-state index in [4.69, 9.17) is 4.42 Å². The van der Waals surface area contributed by atoms with Gasteiger partial charge in [-0.1, -0.05) is 37.0 Å². The molecule has 0 saturated heterocycles. The molecule has 1 fully saturated rings. The molecule has 1 amide bonds. The zero-order valence-corrected chi connectivity index (χ0v) is 15.8. The number of rotatable bonds is 4. The van der Waals surface area contributed by atoms with Gasteiger partial charge in [-0.05, 0) is 62.0 Å². The maximum atomic E-state index is 12.4. The second kappa shape index (κ2) is 7.95. The predicted octanol–water partition coefficient (Wildman–Crippen LogP) is 5.84. The summed E-state index contributed by atoms with van der Waals surface area (Å²) >= 11 is 0.